The van der Waals surface area contributed by atoms with Gasteiger partial charge in [0, 0.05) is 22.8 Å². The molecule has 16 heavy (non-hydrogen) atoms. The number of hydrogen-bond acceptors (Lipinski definition) is 4. The summed E-state index contributed by atoms with van der Waals surface area (Å²) in [6, 6.07) is 7.47. The highest BCUT2D eigenvalue weighted by Gasteiger charge is 1.99. The topological polar surface area (TPSA) is 42.0 Å². The summed E-state index contributed by atoms with van der Waals surface area (Å²) in [4.78, 5) is 15.3. The first-order chi connectivity index (χ1) is 7.75. The normalized spacial score (nSPS) is 10.1. The molecule has 0 radical (unpaired) electrons. The van der Waals surface area contributed by atoms with Crippen LogP contribution in [0.15, 0.2) is 35.8 Å². The maximum Gasteiger partial charge on any atom is 0.159 e. The Morgan fingerprint density at radius 2 is 2.12 bits per heavy atom. The Bertz CT molecular complexity index is 462. The molecular weight excluding hydrogens is 220 g/mol. The van der Waals surface area contributed by atoms with E-state index >= 15 is 0 Å². The third kappa shape index (κ3) is 2.67. The summed E-state index contributed by atoms with van der Waals surface area (Å²) < 4.78 is 0. The van der Waals surface area contributed by atoms with Crippen LogP contribution in [0.25, 0.3) is 0 Å². The number of ketones is 1. The highest BCUT2D eigenvalue weighted by atomic mass is 32.1. The number of benzene rings is 1. The largest absolute Gasteiger partial charge is 0.379 e. The van der Waals surface area contributed by atoms with E-state index in [2.05, 4.69) is 10.3 Å². The van der Waals surface area contributed by atoms with Gasteiger partial charge in [-0.2, -0.15) is 0 Å². The minimum atomic E-state index is 0.0893. The average Bonchev–Trinajstić information content (AvgIpc) is 2.80. The second kappa shape index (κ2) is 4.90. The van der Waals surface area contributed by atoms with Crippen molar-refractivity contribution in [2.45, 2.75) is 13.5 Å². The number of carbonyl (C=O) groups is 1. The van der Waals surface area contributed by atoms with E-state index < -0.39 is 0 Å². The van der Waals surface area contributed by atoms with Crippen LogP contribution in [-0.4, -0.2) is 10.8 Å². The van der Waals surface area contributed by atoms with E-state index in [1.165, 1.54) is 0 Å². The second-order valence-corrected chi connectivity index (χ2v) is 4.39. The van der Waals surface area contributed by atoms with Crippen LogP contribution in [0.4, 0.5) is 5.69 Å². The first-order valence-corrected chi connectivity index (χ1v) is 5.87. The molecule has 0 bridgehead atoms. The Morgan fingerprint density at radius 1 is 1.38 bits per heavy atom. The zero-order chi connectivity index (χ0) is 11.4. The molecular formula is C12H12N2OS. The molecule has 82 valence electrons. The summed E-state index contributed by atoms with van der Waals surface area (Å²) in [6.07, 6.45) is 1.79. The summed E-state index contributed by atoms with van der Waals surface area (Å²) in [5, 5.41) is 6.26. The van der Waals surface area contributed by atoms with Crippen molar-refractivity contribution >= 4 is 22.8 Å². The average molecular weight is 232 g/mol. The van der Waals surface area contributed by atoms with Crippen molar-refractivity contribution in [3.63, 3.8) is 0 Å². The van der Waals surface area contributed by atoms with Gasteiger partial charge in [-0.3, -0.25) is 4.79 Å². The zero-order valence-corrected chi connectivity index (χ0v) is 9.75. The molecule has 1 aromatic carbocycles. The summed E-state index contributed by atoms with van der Waals surface area (Å²) in [6.45, 7) is 2.29. The third-order valence-electron chi connectivity index (χ3n) is 2.22. The van der Waals surface area contributed by atoms with Gasteiger partial charge in [-0.15, -0.1) is 11.3 Å². The number of aromatic nitrogens is 1. The fraction of sp³-hybridized carbons (Fsp3) is 0.167. The van der Waals surface area contributed by atoms with Gasteiger partial charge in [0.25, 0.3) is 0 Å². The highest BCUT2D eigenvalue weighted by molar-refractivity contribution is 7.09. The van der Waals surface area contributed by atoms with E-state index in [4.69, 9.17) is 0 Å². The minimum Gasteiger partial charge on any atom is -0.379 e. The Hall–Kier alpha value is -1.68. The Morgan fingerprint density at radius 3 is 2.69 bits per heavy atom. The molecule has 0 aliphatic carbocycles. The molecule has 1 heterocycles. The van der Waals surface area contributed by atoms with E-state index in [-0.39, 0.29) is 5.78 Å². The number of carbonyl (C=O) groups excluding carboxylic acids is 1. The van der Waals surface area contributed by atoms with Crippen molar-refractivity contribution in [3.8, 4) is 0 Å². The molecule has 0 saturated carbocycles. The minimum absolute atomic E-state index is 0.0893. The number of rotatable bonds is 4. The monoisotopic (exact) mass is 232 g/mol. The van der Waals surface area contributed by atoms with Gasteiger partial charge < -0.3 is 5.32 Å². The second-order valence-electron chi connectivity index (χ2n) is 3.41. The van der Waals surface area contributed by atoms with Crippen molar-refractivity contribution in [2.24, 2.45) is 0 Å². The van der Waals surface area contributed by atoms with Crippen molar-refractivity contribution in [3.05, 3.63) is 46.4 Å². The first-order valence-electron chi connectivity index (χ1n) is 4.99. The zero-order valence-electron chi connectivity index (χ0n) is 8.93. The smallest absolute Gasteiger partial charge is 0.159 e. The molecule has 0 aliphatic rings. The predicted molar refractivity (Wildman–Crippen MR) is 65.9 cm³/mol. The molecule has 2 aromatic rings. The number of nitrogens with zero attached hydrogens (tertiary/aromatic N) is 1. The van der Waals surface area contributed by atoms with Crippen LogP contribution in [0.1, 0.15) is 22.3 Å². The standard InChI is InChI=1S/C12H12N2OS/c1-9(15)10-2-4-11(5-3-10)14-8-12-13-6-7-16-12/h2-7,14H,8H2,1H3. The Balaban J connectivity index is 1.98. The molecule has 0 unspecified atom stereocenters. The van der Waals surface area contributed by atoms with Crippen LogP contribution < -0.4 is 5.32 Å². The lowest BCUT2D eigenvalue weighted by atomic mass is 10.1. The summed E-state index contributed by atoms with van der Waals surface area (Å²) in [5.41, 5.74) is 1.74. The Kier molecular flexibility index (Phi) is 3.31. The van der Waals surface area contributed by atoms with Crippen LogP contribution >= 0.6 is 11.3 Å². The molecule has 0 aliphatic heterocycles. The van der Waals surface area contributed by atoms with Gasteiger partial charge in [0.1, 0.15) is 5.01 Å². The van der Waals surface area contributed by atoms with Gasteiger partial charge in [-0.25, -0.2) is 4.98 Å². The number of thiazole rings is 1. The molecule has 1 N–H and O–H groups in total. The van der Waals surface area contributed by atoms with Crippen LogP contribution in [0.5, 0.6) is 0 Å². The van der Waals surface area contributed by atoms with E-state index in [0.29, 0.717) is 0 Å². The predicted octanol–water partition coefficient (Wildman–Crippen LogP) is 2.96. The molecule has 0 amide bonds. The van der Waals surface area contributed by atoms with Gasteiger partial charge >= 0.3 is 0 Å². The number of Topliss-reactive ketones (excluding diaryl/α,β-unsaturated/α-hetero) is 1. The summed E-state index contributed by atoms with van der Waals surface area (Å²) >= 11 is 1.62. The molecule has 0 saturated heterocycles. The number of hydrogen-bond donors (Lipinski definition) is 1. The van der Waals surface area contributed by atoms with E-state index in [0.717, 1.165) is 22.8 Å². The lowest BCUT2D eigenvalue weighted by molar-refractivity contribution is 0.101. The van der Waals surface area contributed by atoms with Gasteiger partial charge in [-0.05, 0) is 31.2 Å². The van der Waals surface area contributed by atoms with Crippen molar-refractivity contribution < 1.29 is 4.79 Å². The fourth-order valence-electron chi connectivity index (χ4n) is 1.34. The van der Waals surface area contributed by atoms with Gasteiger partial charge in [0.2, 0.25) is 0 Å². The highest BCUT2D eigenvalue weighted by Crippen LogP contribution is 2.12. The van der Waals surface area contributed by atoms with Crippen LogP contribution in [0.2, 0.25) is 0 Å². The first kappa shape index (κ1) is 10.8. The lowest BCUT2D eigenvalue weighted by Gasteiger charge is -2.04. The van der Waals surface area contributed by atoms with Crippen LogP contribution in [0.3, 0.4) is 0 Å². The molecule has 4 heteroatoms. The van der Waals surface area contributed by atoms with E-state index in [9.17, 15) is 4.79 Å². The van der Waals surface area contributed by atoms with Crippen molar-refractivity contribution in [2.75, 3.05) is 5.32 Å². The number of nitrogens with one attached hydrogen (secondary N) is 1. The SMILES string of the molecule is CC(=O)c1ccc(NCc2nccs2)cc1. The summed E-state index contributed by atoms with van der Waals surface area (Å²) in [7, 11) is 0. The van der Waals surface area contributed by atoms with Crippen LogP contribution in [0, 0.1) is 0 Å². The molecule has 0 fully saturated rings. The third-order valence-corrected chi connectivity index (χ3v) is 3.00. The van der Waals surface area contributed by atoms with Crippen molar-refractivity contribution in [1.82, 2.24) is 4.98 Å². The number of anilines is 1. The van der Waals surface area contributed by atoms with Crippen molar-refractivity contribution in [1.29, 1.82) is 0 Å². The lowest BCUT2D eigenvalue weighted by Crippen LogP contribution is -1.99. The van der Waals surface area contributed by atoms with Gasteiger partial charge in [0.15, 0.2) is 5.78 Å². The molecule has 0 atom stereocenters. The maximum atomic E-state index is 11.1. The van der Waals surface area contributed by atoms with Crippen LogP contribution in [-0.2, 0) is 6.54 Å². The molecule has 3 nitrogen and oxygen atoms in total. The Labute approximate surface area is 98.2 Å². The molecule has 1 aromatic heterocycles. The quantitative estimate of drug-likeness (QED) is 0.824. The molecule has 0 spiro atoms. The van der Waals surface area contributed by atoms with Gasteiger partial charge in [-0.1, -0.05) is 0 Å². The van der Waals surface area contributed by atoms with E-state index in [1.807, 2.05) is 29.6 Å². The summed E-state index contributed by atoms with van der Waals surface area (Å²) in [5.74, 6) is 0.0893. The van der Waals surface area contributed by atoms with Gasteiger partial charge in [0.05, 0.1) is 6.54 Å². The maximum absolute atomic E-state index is 11.1. The van der Waals surface area contributed by atoms with E-state index in [1.54, 1.807) is 24.5 Å². The fourth-order valence-corrected chi connectivity index (χ4v) is 1.90. The molecule has 2 rings (SSSR count).